The third-order valence-corrected chi connectivity index (χ3v) is 8.90. The van der Waals surface area contributed by atoms with E-state index in [1.807, 2.05) is 43.3 Å². The molecule has 7 nitrogen and oxygen atoms in total. The molecule has 0 unspecified atom stereocenters. The Bertz CT molecular complexity index is 1580. The standard InChI is InChI=1S/C32H36FN5O2S/c1-37(2)22-18-36-41(39,40)29-9-3-24(4-10-29)13-19-38-20-14-25(15-21-38)30-23-35-32(27-5-7-28(33)8-6-27)31(30)26-11-16-34-17-12-26/h3-12,14,16-17,23,35-36H,13,15,18-22H2,1-2H3. The van der Waals surface area contributed by atoms with Gasteiger partial charge >= 0.3 is 0 Å². The second-order valence-electron chi connectivity index (χ2n) is 10.6. The fourth-order valence-electron chi connectivity index (χ4n) is 5.11. The Kier molecular flexibility index (Phi) is 9.09. The van der Waals surface area contributed by atoms with Gasteiger partial charge in [0.2, 0.25) is 10.0 Å². The van der Waals surface area contributed by atoms with Crippen molar-refractivity contribution >= 4 is 15.6 Å². The average molecular weight is 574 g/mol. The van der Waals surface area contributed by atoms with Crippen LogP contribution in [0.3, 0.4) is 0 Å². The Morgan fingerprint density at radius 1 is 1.00 bits per heavy atom. The lowest BCUT2D eigenvalue weighted by Crippen LogP contribution is -2.31. The number of likely N-dealkylation sites (N-methyl/N-ethyl adjacent to an activating group) is 1. The first-order chi connectivity index (χ1) is 19.8. The monoisotopic (exact) mass is 573 g/mol. The smallest absolute Gasteiger partial charge is 0.240 e. The summed E-state index contributed by atoms with van der Waals surface area (Å²) < 4.78 is 41.3. The number of nitrogens with zero attached hydrogens (tertiary/aromatic N) is 3. The highest BCUT2D eigenvalue weighted by Crippen LogP contribution is 2.39. The van der Waals surface area contributed by atoms with E-state index in [4.69, 9.17) is 0 Å². The molecule has 0 fully saturated rings. The van der Waals surface area contributed by atoms with Gasteiger partial charge in [0.05, 0.1) is 10.6 Å². The third kappa shape index (κ3) is 7.18. The topological polar surface area (TPSA) is 81.3 Å². The highest BCUT2D eigenvalue weighted by Gasteiger charge is 2.21. The van der Waals surface area contributed by atoms with Crippen LogP contribution >= 0.6 is 0 Å². The van der Waals surface area contributed by atoms with Gasteiger partial charge in [0.1, 0.15) is 5.82 Å². The Hall–Kier alpha value is -3.63. The van der Waals surface area contributed by atoms with E-state index >= 15 is 0 Å². The quantitative estimate of drug-likeness (QED) is 0.262. The van der Waals surface area contributed by atoms with Gasteiger partial charge in [-0.3, -0.25) is 9.88 Å². The largest absolute Gasteiger partial charge is 0.360 e. The summed E-state index contributed by atoms with van der Waals surface area (Å²) in [6.07, 6.45) is 9.69. The summed E-state index contributed by atoms with van der Waals surface area (Å²) in [6, 6.07) is 17.8. The number of pyridine rings is 1. The molecule has 9 heteroatoms. The first kappa shape index (κ1) is 28.9. The first-order valence-electron chi connectivity index (χ1n) is 13.8. The number of rotatable bonds is 11. The maximum absolute atomic E-state index is 13.6. The summed E-state index contributed by atoms with van der Waals surface area (Å²) in [4.78, 5) is 12.3. The summed E-state index contributed by atoms with van der Waals surface area (Å²) >= 11 is 0. The summed E-state index contributed by atoms with van der Waals surface area (Å²) in [5, 5.41) is 0. The molecule has 0 bridgehead atoms. The number of aromatic nitrogens is 2. The summed E-state index contributed by atoms with van der Waals surface area (Å²) in [7, 11) is 0.322. The van der Waals surface area contributed by atoms with Crippen LogP contribution in [0.4, 0.5) is 4.39 Å². The van der Waals surface area contributed by atoms with Gasteiger partial charge in [-0.25, -0.2) is 17.5 Å². The second kappa shape index (κ2) is 12.9. The fourth-order valence-corrected chi connectivity index (χ4v) is 6.13. The molecule has 2 aromatic heterocycles. The van der Waals surface area contributed by atoms with Crippen LogP contribution in [0, 0.1) is 5.82 Å². The maximum atomic E-state index is 13.6. The zero-order valence-corrected chi connectivity index (χ0v) is 24.3. The van der Waals surface area contributed by atoms with Crippen LogP contribution in [0.15, 0.2) is 90.2 Å². The molecule has 2 N–H and O–H groups in total. The van der Waals surface area contributed by atoms with Crippen LogP contribution < -0.4 is 4.72 Å². The summed E-state index contributed by atoms with van der Waals surface area (Å²) in [5.41, 5.74) is 7.63. The van der Waals surface area contributed by atoms with Gasteiger partial charge < -0.3 is 9.88 Å². The molecule has 0 saturated heterocycles. The molecule has 0 amide bonds. The van der Waals surface area contributed by atoms with Gasteiger partial charge in [-0.2, -0.15) is 0 Å². The van der Waals surface area contributed by atoms with E-state index in [0.29, 0.717) is 18.0 Å². The van der Waals surface area contributed by atoms with Crippen LogP contribution in [0.5, 0.6) is 0 Å². The van der Waals surface area contributed by atoms with Crippen molar-refractivity contribution in [1.82, 2.24) is 24.5 Å². The molecule has 41 heavy (non-hydrogen) atoms. The SMILES string of the molecule is CN(C)CCNS(=O)(=O)c1ccc(CCN2CC=C(c3c[nH]c(-c4ccc(F)cc4)c3-c3ccncc3)CC2)cc1. The van der Waals surface area contributed by atoms with E-state index in [1.165, 1.54) is 17.7 Å². The van der Waals surface area contributed by atoms with Crippen molar-refractivity contribution in [3.8, 4) is 22.4 Å². The van der Waals surface area contributed by atoms with E-state index in [1.54, 1.807) is 36.7 Å². The molecule has 5 rings (SSSR count). The number of H-pyrrole nitrogens is 1. The Morgan fingerprint density at radius 3 is 2.39 bits per heavy atom. The molecule has 4 aromatic rings. The van der Waals surface area contributed by atoms with E-state index in [2.05, 4.69) is 31.9 Å². The van der Waals surface area contributed by atoms with Gasteiger partial charge in [-0.1, -0.05) is 18.2 Å². The molecular weight excluding hydrogens is 537 g/mol. The Morgan fingerprint density at radius 2 is 1.73 bits per heavy atom. The van der Waals surface area contributed by atoms with Gasteiger partial charge in [0, 0.05) is 62.4 Å². The minimum Gasteiger partial charge on any atom is -0.360 e. The fraction of sp³-hybridized carbons (Fsp3) is 0.281. The zero-order valence-electron chi connectivity index (χ0n) is 23.5. The van der Waals surface area contributed by atoms with Crippen molar-refractivity contribution in [3.05, 3.63) is 102 Å². The average Bonchev–Trinajstić information content (AvgIpc) is 3.42. The predicted octanol–water partition coefficient (Wildman–Crippen LogP) is 5.05. The summed E-state index contributed by atoms with van der Waals surface area (Å²) in [5.74, 6) is -0.255. The van der Waals surface area contributed by atoms with Gasteiger partial charge in [-0.15, -0.1) is 0 Å². The first-order valence-corrected chi connectivity index (χ1v) is 15.3. The van der Waals surface area contributed by atoms with Gasteiger partial charge in [0.15, 0.2) is 0 Å². The number of hydrogen-bond acceptors (Lipinski definition) is 5. The molecule has 214 valence electrons. The van der Waals surface area contributed by atoms with Crippen LogP contribution in [0.1, 0.15) is 17.5 Å². The van der Waals surface area contributed by atoms with Crippen molar-refractivity contribution in [2.75, 3.05) is 46.8 Å². The molecule has 3 heterocycles. The van der Waals surface area contributed by atoms with E-state index in [-0.39, 0.29) is 5.82 Å². The number of sulfonamides is 1. The summed E-state index contributed by atoms with van der Waals surface area (Å²) in [6.45, 7) is 3.68. The normalized spacial score (nSPS) is 14.4. The molecule has 1 aliphatic heterocycles. The van der Waals surface area contributed by atoms with E-state index < -0.39 is 10.0 Å². The number of halogens is 1. The Balaban J connectivity index is 1.24. The Labute approximate surface area is 241 Å². The van der Waals surface area contributed by atoms with E-state index in [9.17, 15) is 12.8 Å². The minimum absolute atomic E-state index is 0.255. The van der Waals surface area contributed by atoms with E-state index in [0.717, 1.165) is 66.0 Å². The van der Waals surface area contributed by atoms with Gasteiger partial charge in [-0.05, 0) is 97.7 Å². The molecule has 1 aliphatic rings. The number of aromatic amines is 1. The van der Waals surface area contributed by atoms with Gasteiger partial charge in [0.25, 0.3) is 0 Å². The molecule has 0 spiro atoms. The second-order valence-corrected chi connectivity index (χ2v) is 12.3. The van der Waals surface area contributed by atoms with Crippen LogP contribution in [0.2, 0.25) is 0 Å². The minimum atomic E-state index is -3.50. The number of benzene rings is 2. The van der Waals surface area contributed by atoms with Crippen molar-refractivity contribution in [3.63, 3.8) is 0 Å². The maximum Gasteiger partial charge on any atom is 0.240 e. The predicted molar refractivity (Wildman–Crippen MR) is 162 cm³/mol. The number of hydrogen-bond donors (Lipinski definition) is 2. The zero-order chi connectivity index (χ0) is 28.8. The van der Waals surface area contributed by atoms with Crippen molar-refractivity contribution in [2.45, 2.75) is 17.7 Å². The molecule has 0 aliphatic carbocycles. The third-order valence-electron chi connectivity index (χ3n) is 7.42. The van der Waals surface area contributed by atoms with Crippen LogP contribution in [-0.2, 0) is 16.4 Å². The molecular formula is C32H36FN5O2S. The molecule has 0 atom stereocenters. The molecule has 2 aromatic carbocycles. The lowest BCUT2D eigenvalue weighted by Gasteiger charge is -2.26. The van der Waals surface area contributed by atoms with Crippen molar-refractivity contribution < 1.29 is 12.8 Å². The molecule has 0 saturated carbocycles. The highest BCUT2D eigenvalue weighted by atomic mass is 32.2. The van der Waals surface area contributed by atoms with Crippen LogP contribution in [0.25, 0.3) is 28.0 Å². The van der Waals surface area contributed by atoms with Crippen molar-refractivity contribution in [2.24, 2.45) is 0 Å². The van der Waals surface area contributed by atoms with Crippen molar-refractivity contribution in [1.29, 1.82) is 0 Å². The number of nitrogens with one attached hydrogen (secondary N) is 2. The van der Waals surface area contributed by atoms with Crippen LogP contribution in [-0.4, -0.2) is 75.0 Å². The lowest BCUT2D eigenvalue weighted by atomic mass is 9.92. The molecule has 0 radical (unpaired) electrons. The lowest BCUT2D eigenvalue weighted by molar-refractivity contribution is 0.306. The highest BCUT2D eigenvalue weighted by molar-refractivity contribution is 7.89.